The lowest BCUT2D eigenvalue weighted by Gasteiger charge is -2.22. The Morgan fingerprint density at radius 1 is 1.27 bits per heavy atom. The summed E-state index contributed by atoms with van der Waals surface area (Å²) in [5, 5.41) is 6.10. The Morgan fingerprint density at radius 2 is 2.00 bits per heavy atom. The van der Waals surface area contributed by atoms with Crippen molar-refractivity contribution in [3.63, 3.8) is 0 Å². The van der Waals surface area contributed by atoms with Crippen molar-refractivity contribution < 1.29 is 9.63 Å². The maximum atomic E-state index is 11.2. The highest BCUT2D eigenvalue weighted by Crippen LogP contribution is 2.18. The smallest absolute Gasteiger partial charge is 0.334 e. The Bertz CT molecular complexity index is 213. The van der Waals surface area contributed by atoms with Crippen LogP contribution in [0.15, 0.2) is 0 Å². The second-order valence-electron chi connectivity index (χ2n) is 4.35. The molecular formula is C10H19N3O2. The van der Waals surface area contributed by atoms with Crippen molar-refractivity contribution >= 4 is 6.03 Å². The molecule has 1 saturated carbocycles. The molecule has 0 radical (unpaired) electrons. The van der Waals surface area contributed by atoms with E-state index in [1.807, 2.05) is 0 Å². The van der Waals surface area contributed by atoms with Crippen molar-refractivity contribution in [3.8, 4) is 0 Å². The minimum absolute atomic E-state index is 0.202. The van der Waals surface area contributed by atoms with E-state index in [4.69, 9.17) is 4.84 Å². The van der Waals surface area contributed by atoms with E-state index in [9.17, 15) is 4.79 Å². The summed E-state index contributed by atoms with van der Waals surface area (Å²) >= 11 is 0. The zero-order chi connectivity index (χ0) is 10.5. The van der Waals surface area contributed by atoms with Gasteiger partial charge in [-0.2, -0.15) is 0 Å². The summed E-state index contributed by atoms with van der Waals surface area (Å²) < 4.78 is 0. The van der Waals surface area contributed by atoms with Gasteiger partial charge in [0.15, 0.2) is 0 Å². The van der Waals surface area contributed by atoms with Crippen molar-refractivity contribution in [2.45, 2.75) is 31.7 Å². The van der Waals surface area contributed by atoms with E-state index in [1.165, 1.54) is 0 Å². The molecule has 0 aromatic carbocycles. The van der Waals surface area contributed by atoms with E-state index in [0.717, 1.165) is 38.8 Å². The predicted molar refractivity (Wildman–Crippen MR) is 56.2 cm³/mol. The second-order valence-corrected chi connectivity index (χ2v) is 4.35. The molecule has 2 rings (SSSR count). The number of hydrogen-bond donors (Lipinski definition) is 3. The van der Waals surface area contributed by atoms with Crippen molar-refractivity contribution in [1.82, 2.24) is 16.1 Å². The van der Waals surface area contributed by atoms with Crippen LogP contribution in [0.5, 0.6) is 0 Å². The van der Waals surface area contributed by atoms with Gasteiger partial charge in [-0.15, -0.1) is 0 Å². The van der Waals surface area contributed by atoms with Gasteiger partial charge in [-0.25, -0.2) is 10.3 Å². The lowest BCUT2D eigenvalue weighted by molar-refractivity contribution is 0.0300. The van der Waals surface area contributed by atoms with E-state index in [2.05, 4.69) is 16.1 Å². The summed E-state index contributed by atoms with van der Waals surface area (Å²) in [6.45, 7) is 2.74. The van der Waals surface area contributed by atoms with Gasteiger partial charge < -0.3 is 10.6 Å². The average Bonchev–Trinajstić information content (AvgIpc) is 3.03. The van der Waals surface area contributed by atoms with Gasteiger partial charge in [0, 0.05) is 6.04 Å². The molecule has 0 atom stereocenters. The summed E-state index contributed by atoms with van der Waals surface area (Å²) in [6, 6.07) is 0.180. The van der Waals surface area contributed by atoms with Gasteiger partial charge in [-0.05, 0) is 44.7 Å². The standard InChI is InChI=1S/C10H19N3O2/c14-10(12-9-1-2-9)13-15-7-8-3-5-11-6-4-8/h8-9,11H,1-7H2,(H2,12,13,14). The van der Waals surface area contributed by atoms with E-state index in [1.54, 1.807) is 0 Å². The Labute approximate surface area is 89.9 Å². The molecule has 1 aliphatic carbocycles. The molecule has 0 aromatic heterocycles. The zero-order valence-corrected chi connectivity index (χ0v) is 8.92. The van der Waals surface area contributed by atoms with Gasteiger partial charge in [0.25, 0.3) is 0 Å². The lowest BCUT2D eigenvalue weighted by atomic mass is 10.00. The van der Waals surface area contributed by atoms with Crippen molar-refractivity contribution in [3.05, 3.63) is 0 Å². The maximum Gasteiger partial charge on any atom is 0.338 e. The molecule has 1 aliphatic heterocycles. The highest BCUT2D eigenvalue weighted by Gasteiger charge is 2.23. The number of amides is 2. The van der Waals surface area contributed by atoms with Crippen molar-refractivity contribution in [1.29, 1.82) is 0 Å². The lowest BCUT2D eigenvalue weighted by Crippen LogP contribution is -2.38. The van der Waals surface area contributed by atoms with Crippen LogP contribution in [0.2, 0.25) is 0 Å². The number of urea groups is 1. The predicted octanol–water partition coefficient (Wildman–Crippen LogP) is 0.379. The van der Waals surface area contributed by atoms with Gasteiger partial charge in [0.2, 0.25) is 0 Å². The quantitative estimate of drug-likeness (QED) is 0.592. The van der Waals surface area contributed by atoms with Crippen molar-refractivity contribution in [2.24, 2.45) is 5.92 Å². The number of hydroxylamine groups is 1. The third-order valence-corrected chi connectivity index (χ3v) is 2.86. The first-order valence-electron chi connectivity index (χ1n) is 5.73. The Kier molecular flexibility index (Phi) is 3.80. The third kappa shape index (κ3) is 4.05. The van der Waals surface area contributed by atoms with Gasteiger partial charge >= 0.3 is 6.03 Å². The van der Waals surface area contributed by atoms with Crippen LogP contribution in [0, 0.1) is 5.92 Å². The van der Waals surface area contributed by atoms with Gasteiger partial charge in [0.1, 0.15) is 0 Å². The van der Waals surface area contributed by atoms with E-state index >= 15 is 0 Å². The second kappa shape index (κ2) is 5.32. The maximum absolute atomic E-state index is 11.2. The molecule has 3 N–H and O–H groups in total. The number of piperidine rings is 1. The molecular weight excluding hydrogens is 194 g/mol. The number of carbonyl (C=O) groups excluding carboxylic acids is 1. The summed E-state index contributed by atoms with van der Waals surface area (Å²) in [7, 11) is 0. The monoisotopic (exact) mass is 213 g/mol. The van der Waals surface area contributed by atoms with Gasteiger partial charge in [0.05, 0.1) is 6.61 Å². The molecule has 0 aromatic rings. The summed E-state index contributed by atoms with van der Waals surface area (Å²) in [5.74, 6) is 0.576. The topological polar surface area (TPSA) is 62.4 Å². The van der Waals surface area contributed by atoms with Crippen molar-refractivity contribution in [2.75, 3.05) is 19.7 Å². The first-order chi connectivity index (χ1) is 7.34. The molecule has 5 heteroatoms. The molecule has 86 valence electrons. The zero-order valence-electron chi connectivity index (χ0n) is 8.92. The average molecular weight is 213 g/mol. The summed E-state index contributed by atoms with van der Waals surface area (Å²) in [6.07, 6.45) is 4.46. The van der Waals surface area contributed by atoms with Crippen LogP contribution in [-0.2, 0) is 4.84 Å². The molecule has 1 heterocycles. The fourth-order valence-corrected chi connectivity index (χ4v) is 1.72. The molecule has 2 aliphatic rings. The number of hydrogen-bond acceptors (Lipinski definition) is 3. The number of carbonyl (C=O) groups is 1. The van der Waals surface area contributed by atoms with Crippen LogP contribution >= 0.6 is 0 Å². The Balaban J connectivity index is 1.51. The Morgan fingerprint density at radius 3 is 2.67 bits per heavy atom. The van der Waals surface area contributed by atoms with E-state index in [-0.39, 0.29) is 6.03 Å². The van der Waals surface area contributed by atoms with E-state index in [0.29, 0.717) is 18.6 Å². The molecule has 15 heavy (non-hydrogen) atoms. The SMILES string of the molecule is O=C(NOCC1CCNCC1)NC1CC1. The van der Waals surface area contributed by atoms with E-state index < -0.39 is 0 Å². The van der Waals surface area contributed by atoms with Crippen LogP contribution in [0.4, 0.5) is 4.79 Å². The molecule has 0 spiro atoms. The normalized spacial score (nSPS) is 22.4. The highest BCUT2D eigenvalue weighted by molar-refractivity contribution is 5.73. The van der Waals surface area contributed by atoms with Gasteiger partial charge in [-0.1, -0.05) is 0 Å². The third-order valence-electron chi connectivity index (χ3n) is 2.86. The van der Waals surface area contributed by atoms with Crippen LogP contribution in [0.25, 0.3) is 0 Å². The molecule has 2 amide bonds. The number of rotatable bonds is 4. The minimum Gasteiger partial charge on any atom is -0.334 e. The van der Waals surface area contributed by atoms with Crippen LogP contribution in [0.1, 0.15) is 25.7 Å². The minimum atomic E-state index is -0.202. The van der Waals surface area contributed by atoms with Gasteiger partial charge in [-0.3, -0.25) is 4.84 Å². The molecule has 0 bridgehead atoms. The largest absolute Gasteiger partial charge is 0.338 e. The fraction of sp³-hybridized carbons (Fsp3) is 0.900. The molecule has 5 nitrogen and oxygen atoms in total. The van der Waals surface area contributed by atoms with Crippen LogP contribution < -0.4 is 16.1 Å². The Hall–Kier alpha value is -0.810. The fourth-order valence-electron chi connectivity index (χ4n) is 1.72. The molecule has 0 unspecified atom stereocenters. The first-order valence-corrected chi connectivity index (χ1v) is 5.73. The molecule has 2 fully saturated rings. The molecule has 1 saturated heterocycles. The highest BCUT2D eigenvalue weighted by atomic mass is 16.7. The summed E-state index contributed by atoms with van der Waals surface area (Å²) in [4.78, 5) is 16.3. The number of nitrogens with one attached hydrogen (secondary N) is 3. The van der Waals surface area contributed by atoms with Crippen LogP contribution in [-0.4, -0.2) is 31.8 Å². The first kappa shape index (κ1) is 10.7. The summed E-state index contributed by atoms with van der Waals surface area (Å²) in [5.41, 5.74) is 2.43. The van der Waals surface area contributed by atoms with Crippen LogP contribution in [0.3, 0.4) is 0 Å².